The third-order valence-corrected chi connectivity index (χ3v) is 12.5. The number of phenolic OH excluding ortho intramolecular Hbond substituents is 1. The van der Waals surface area contributed by atoms with Crippen LogP contribution in [0.5, 0.6) is 5.75 Å². The molecule has 6 heterocycles. The van der Waals surface area contributed by atoms with Crippen molar-refractivity contribution in [2.45, 2.75) is 45.8 Å². The van der Waals surface area contributed by atoms with Crippen LogP contribution in [-0.2, 0) is 49.6 Å². The van der Waals surface area contributed by atoms with Crippen molar-refractivity contribution in [3.05, 3.63) is 130 Å². The Hall–Kier alpha value is -6.24. The second kappa shape index (κ2) is 15.5. The zero-order valence-corrected chi connectivity index (χ0v) is 34.0. The average Bonchev–Trinajstić information content (AvgIpc) is 3.77. The minimum absolute atomic E-state index is 0.00632. The van der Waals surface area contributed by atoms with Gasteiger partial charge in [-0.15, -0.1) is 0 Å². The molecule has 9 rings (SSSR count). The number of aromatic hydroxyl groups is 1. The Labute approximate surface area is 343 Å². The minimum atomic E-state index is -0.270. The molecule has 3 aliphatic heterocycles. The van der Waals surface area contributed by atoms with E-state index in [1.165, 1.54) is 5.56 Å². The van der Waals surface area contributed by atoms with Gasteiger partial charge in [-0.25, -0.2) is 4.98 Å². The summed E-state index contributed by atoms with van der Waals surface area (Å²) in [7, 11) is 3.87. The Kier molecular flexibility index (Phi) is 10.1. The highest BCUT2D eigenvalue weighted by Gasteiger charge is 2.35. The van der Waals surface area contributed by atoms with Crippen LogP contribution in [0.4, 0.5) is 11.4 Å². The first-order valence-electron chi connectivity index (χ1n) is 20.3. The van der Waals surface area contributed by atoms with Crippen LogP contribution in [0.25, 0.3) is 22.3 Å². The highest BCUT2D eigenvalue weighted by Crippen LogP contribution is 2.38. The Morgan fingerprint density at radius 2 is 1.61 bits per heavy atom. The summed E-state index contributed by atoms with van der Waals surface area (Å²) in [6.45, 7) is 8.75. The lowest BCUT2D eigenvalue weighted by atomic mass is 9.89. The summed E-state index contributed by atoms with van der Waals surface area (Å²) < 4.78 is 9.60. The van der Waals surface area contributed by atoms with E-state index in [0.717, 1.165) is 70.7 Å². The molecule has 1 atom stereocenters. The fourth-order valence-electron chi connectivity index (χ4n) is 9.04. The number of rotatable bonds is 7. The summed E-state index contributed by atoms with van der Waals surface area (Å²) in [5.74, 6) is -0.244. The molecule has 3 aromatic heterocycles. The van der Waals surface area contributed by atoms with E-state index in [4.69, 9.17) is 9.72 Å². The van der Waals surface area contributed by atoms with Gasteiger partial charge in [0.1, 0.15) is 11.4 Å². The number of morpholine rings is 1. The van der Waals surface area contributed by atoms with Crippen LogP contribution < -0.4 is 4.90 Å². The van der Waals surface area contributed by atoms with Crippen molar-refractivity contribution in [2.75, 3.05) is 44.3 Å². The van der Waals surface area contributed by atoms with E-state index in [2.05, 4.69) is 29.2 Å². The molecule has 0 unspecified atom stereocenters. The number of aryl methyl sites for hydroxylation is 1. The maximum Gasteiger partial charge on any atom is 0.264 e. The normalized spacial score (nSPS) is 16.8. The molecule has 59 heavy (non-hydrogen) atoms. The van der Waals surface area contributed by atoms with Gasteiger partial charge in [0.15, 0.2) is 0 Å². The zero-order valence-electron chi connectivity index (χ0n) is 34.0. The number of pyridine rings is 1. The molecule has 12 nitrogen and oxygen atoms in total. The van der Waals surface area contributed by atoms with Crippen LogP contribution in [0, 0.1) is 6.92 Å². The van der Waals surface area contributed by atoms with Gasteiger partial charge in [-0.1, -0.05) is 24.3 Å². The number of hydrogen-bond donors (Lipinski definition) is 1. The molecule has 1 saturated heterocycles. The summed E-state index contributed by atoms with van der Waals surface area (Å²) >= 11 is 0. The van der Waals surface area contributed by atoms with Crippen LogP contribution in [-0.4, -0.2) is 97.1 Å². The maximum atomic E-state index is 15.4. The fraction of sp³-hybridized carbons (Fsp3) is 0.319. The number of anilines is 2. The number of aromatic nitrogens is 3. The Morgan fingerprint density at radius 3 is 2.37 bits per heavy atom. The van der Waals surface area contributed by atoms with Gasteiger partial charge in [-0.05, 0) is 96.6 Å². The Balaban J connectivity index is 1.15. The maximum absolute atomic E-state index is 15.4. The van der Waals surface area contributed by atoms with Crippen LogP contribution in [0.1, 0.15) is 55.6 Å². The second-order valence-corrected chi connectivity index (χ2v) is 16.1. The molecule has 6 aromatic rings. The Morgan fingerprint density at radius 1 is 0.847 bits per heavy atom. The van der Waals surface area contributed by atoms with Crippen LogP contribution in [0.15, 0.2) is 91.3 Å². The molecule has 1 fully saturated rings. The van der Waals surface area contributed by atoms with E-state index in [1.54, 1.807) is 42.3 Å². The van der Waals surface area contributed by atoms with Crippen molar-refractivity contribution in [3.8, 4) is 17.0 Å². The van der Waals surface area contributed by atoms with E-state index >= 15 is 9.59 Å². The van der Waals surface area contributed by atoms with Gasteiger partial charge >= 0.3 is 0 Å². The summed E-state index contributed by atoms with van der Waals surface area (Å²) in [5, 5.41) is 11.1. The van der Waals surface area contributed by atoms with Gasteiger partial charge in [-0.2, -0.15) is 0 Å². The summed E-state index contributed by atoms with van der Waals surface area (Å²) in [4.78, 5) is 55.6. The van der Waals surface area contributed by atoms with Crippen LogP contribution >= 0.6 is 0 Å². The predicted octanol–water partition coefficient (Wildman–Crippen LogP) is 6.38. The molecule has 3 aliphatic rings. The number of nitrogens with zero attached hydrogens (tertiary/aromatic N) is 7. The van der Waals surface area contributed by atoms with Gasteiger partial charge in [0, 0.05) is 106 Å². The lowest BCUT2D eigenvalue weighted by molar-refractivity contribution is -0.129. The number of fused-ring (bicyclic) bond motifs is 3. The molecular formula is C47H49N7O5. The first kappa shape index (κ1) is 38.3. The molecule has 1 N–H and O–H groups in total. The van der Waals surface area contributed by atoms with Crippen molar-refractivity contribution in [3.63, 3.8) is 0 Å². The molecule has 0 radical (unpaired) electrons. The Bertz CT molecular complexity index is 2600. The van der Waals surface area contributed by atoms with E-state index in [1.807, 2.05) is 76.5 Å². The largest absolute Gasteiger partial charge is 0.508 e. The second-order valence-electron chi connectivity index (χ2n) is 16.1. The van der Waals surface area contributed by atoms with E-state index in [0.29, 0.717) is 61.8 Å². The van der Waals surface area contributed by atoms with E-state index < -0.39 is 0 Å². The number of phenols is 1. The molecular weight excluding hydrogens is 743 g/mol. The molecule has 302 valence electrons. The number of benzene rings is 3. The number of amides is 3. The zero-order chi connectivity index (χ0) is 40.9. The third kappa shape index (κ3) is 7.16. The van der Waals surface area contributed by atoms with Crippen molar-refractivity contribution in [1.82, 2.24) is 28.8 Å². The van der Waals surface area contributed by atoms with Crippen molar-refractivity contribution >= 4 is 40.1 Å². The quantitative estimate of drug-likeness (QED) is 0.200. The number of ether oxygens (including phenoxy) is 1. The third-order valence-electron chi connectivity index (χ3n) is 12.5. The van der Waals surface area contributed by atoms with Crippen molar-refractivity contribution in [1.29, 1.82) is 0 Å². The highest BCUT2D eigenvalue weighted by atomic mass is 16.5. The van der Waals surface area contributed by atoms with Gasteiger partial charge in [-0.3, -0.25) is 24.2 Å². The van der Waals surface area contributed by atoms with Gasteiger partial charge in [0.05, 0.1) is 30.7 Å². The predicted molar refractivity (Wildman–Crippen MR) is 227 cm³/mol. The average molecular weight is 792 g/mol. The van der Waals surface area contributed by atoms with Crippen LogP contribution in [0.3, 0.4) is 0 Å². The molecule has 0 spiro atoms. The first-order valence-corrected chi connectivity index (χ1v) is 20.3. The monoisotopic (exact) mass is 791 g/mol. The van der Waals surface area contributed by atoms with E-state index in [9.17, 15) is 9.90 Å². The van der Waals surface area contributed by atoms with Gasteiger partial charge in [0.25, 0.3) is 11.8 Å². The standard InChI is InChI=1S/C47H49N7O5/c1-30-41(47(58)54(37-9-11-40(56)12-10-37)38-22-34-13-15-49(3)45(34)48-26-38)25-44(50(30)4)42-23-33-14-16-52(31(2)55)27-36(33)24-43(42)46(57)53-28-35-8-6-5-7-32(35)21-39(53)29-51-17-19-59-20-18-51/h5-13,15,22-26,39,56H,14,16-21,27-29H2,1-4H3/t39-/m0/s1. The molecule has 12 heteroatoms. The molecule has 0 saturated carbocycles. The molecule has 0 aliphatic carbocycles. The summed E-state index contributed by atoms with van der Waals surface area (Å²) in [6, 6.07) is 24.8. The SMILES string of the molecule is CC(=O)N1CCc2cc(-c3cc(C(=O)N(c4ccc(O)cc4)c4cnc5c(ccn5C)c4)c(C)n3C)c(C(=O)N3Cc4ccccc4C[C@H]3CN3CCOCC3)cc2C1. The highest BCUT2D eigenvalue weighted by molar-refractivity contribution is 6.13. The lowest BCUT2D eigenvalue weighted by Gasteiger charge is -2.41. The fourth-order valence-corrected chi connectivity index (χ4v) is 9.04. The lowest BCUT2D eigenvalue weighted by Crippen LogP contribution is -2.52. The van der Waals surface area contributed by atoms with Crippen LogP contribution in [0.2, 0.25) is 0 Å². The van der Waals surface area contributed by atoms with Gasteiger partial charge < -0.3 is 28.8 Å². The summed E-state index contributed by atoms with van der Waals surface area (Å²) in [5.41, 5.74) is 9.66. The number of hydrogen-bond acceptors (Lipinski definition) is 7. The van der Waals surface area contributed by atoms with Crippen molar-refractivity contribution < 1.29 is 24.2 Å². The van der Waals surface area contributed by atoms with Crippen molar-refractivity contribution in [2.24, 2.45) is 14.1 Å². The molecule has 3 aromatic carbocycles. The van der Waals surface area contributed by atoms with E-state index in [-0.39, 0.29) is 29.5 Å². The topological polar surface area (TPSA) is 116 Å². The smallest absolute Gasteiger partial charge is 0.264 e. The minimum Gasteiger partial charge on any atom is -0.508 e. The number of carbonyl (C=O) groups excluding carboxylic acids is 3. The van der Waals surface area contributed by atoms with Gasteiger partial charge in [0.2, 0.25) is 5.91 Å². The first-order chi connectivity index (χ1) is 28.5. The molecule has 3 amide bonds. The summed E-state index contributed by atoms with van der Waals surface area (Å²) in [6.07, 6.45) is 5.04. The number of carbonyl (C=O) groups is 3. The molecule has 0 bridgehead atoms.